The zero-order valence-corrected chi connectivity index (χ0v) is 18.6. The molecule has 1 aliphatic carbocycles. The summed E-state index contributed by atoms with van der Waals surface area (Å²) < 4.78 is 22.1. The van der Waals surface area contributed by atoms with Gasteiger partial charge in [0.05, 0.1) is 35.3 Å². The molecule has 4 nitrogen and oxygen atoms in total. The van der Waals surface area contributed by atoms with Crippen molar-refractivity contribution in [3.05, 3.63) is 73.5 Å². The van der Waals surface area contributed by atoms with Crippen molar-refractivity contribution < 1.29 is 9.13 Å². The van der Waals surface area contributed by atoms with Crippen LogP contribution < -0.4 is 5.56 Å². The Hall–Kier alpha value is -2.95. The summed E-state index contributed by atoms with van der Waals surface area (Å²) in [7, 11) is 0. The zero-order valence-electron chi connectivity index (χ0n) is 18.6. The SMILES string of the molecule is CCc1cc2n(c(=O)c1COC=C(C)C)Cc1c-2nc2cc(F)c(C)c3c2c1CCC3. The minimum Gasteiger partial charge on any atom is -0.496 e. The van der Waals surface area contributed by atoms with E-state index in [2.05, 4.69) is 6.07 Å². The second kappa shape index (κ2) is 7.33. The van der Waals surface area contributed by atoms with Crippen LogP contribution >= 0.6 is 0 Å². The summed E-state index contributed by atoms with van der Waals surface area (Å²) in [6.45, 7) is 8.63. The highest BCUT2D eigenvalue weighted by Crippen LogP contribution is 2.41. The number of halogens is 1. The Morgan fingerprint density at radius 2 is 2.00 bits per heavy atom. The maximum atomic E-state index is 14.6. The predicted octanol–water partition coefficient (Wildman–Crippen LogP) is 5.36. The Kier molecular flexibility index (Phi) is 4.72. The van der Waals surface area contributed by atoms with E-state index in [0.29, 0.717) is 17.6 Å². The maximum Gasteiger partial charge on any atom is 0.258 e. The zero-order chi connectivity index (χ0) is 21.9. The summed E-state index contributed by atoms with van der Waals surface area (Å²) in [5.41, 5.74) is 9.31. The van der Waals surface area contributed by atoms with Gasteiger partial charge in [0, 0.05) is 17.0 Å². The predicted molar refractivity (Wildman–Crippen MR) is 121 cm³/mol. The molecule has 31 heavy (non-hydrogen) atoms. The van der Waals surface area contributed by atoms with Gasteiger partial charge in [-0.3, -0.25) is 4.79 Å². The van der Waals surface area contributed by atoms with Crippen LogP contribution in [0, 0.1) is 12.7 Å². The number of aromatic nitrogens is 2. The maximum absolute atomic E-state index is 14.6. The highest BCUT2D eigenvalue weighted by atomic mass is 19.1. The van der Waals surface area contributed by atoms with Crippen molar-refractivity contribution in [2.45, 2.75) is 66.5 Å². The van der Waals surface area contributed by atoms with Crippen LogP contribution in [0.3, 0.4) is 0 Å². The van der Waals surface area contributed by atoms with Crippen molar-refractivity contribution >= 4 is 10.9 Å². The number of hydrogen-bond donors (Lipinski definition) is 0. The Morgan fingerprint density at radius 1 is 1.23 bits per heavy atom. The molecule has 2 aromatic heterocycles. The smallest absolute Gasteiger partial charge is 0.258 e. The molecule has 0 amide bonds. The third-order valence-corrected chi connectivity index (χ3v) is 6.65. The minimum atomic E-state index is -0.195. The first-order valence-corrected chi connectivity index (χ1v) is 11.0. The summed E-state index contributed by atoms with van der Waals surface area (Å²) in [6.07, 6.45) is 5.26. The van der Waals surface area contributed by atoms with E-state index in [1.165, 1.54) is 5.56 Å². The Bertz CT molecular complexity index is 1330. The second-order valence-corrected chi connectivity index (χ2v) is 8.91. The fourth-order valence-electron chi connectivity index (χ4n) is 5.12. The van der Waals surface area contributed by atoms with Gasteiger partial charge in [-0.15, -0.1) is 0 Å². The van der Waals surface area contributed by atoms with Crippen molar-refractivity contribution in [3.63, 3.8) is 0 Å². The number of rotatable bonds is 4. The van der Waals surface area contributed by atoms with E-state index in [9.17, 15) is 9.18 Å². The van der Waals surface area contributed by atoms with Crippen molar-refractivity contribution in [2.75, 3.05) is 0 Å². The molecular formula is C26H27FN2O2. The molecule has 3 heterocycles. The lowest BCUT2D eigenvalue weighted by atomic mass is 9.85. The molecule has 0 saturated carbocycles. The van der Waals surface area contributed by atoms with E-state index in [-0.39, 0.29) is 18.0 Å². The van der Waals surface area contributed by atoms with Gasteiger partial charge in [0.2, 0.25) is 0 Å². The molecule has 0 N–H and O–H groups in total. The summed E-state index contributed by atoms with van der Waals surface area (Å²) in [4.78, 5) is 18.3. The quantitative estimate of drug-likeness (QED) is 0.419. The van der Waals surface area contributed by atoms with Crippen molar-refractivity contribution in [3.8, 4) is 11.4 Å². The normalized spacial score (nSPS) is 13.8. The lowest BCUT2D eigenvalue weighted by molar-refractivity contribution is 0.231. The number of hydrogen-bond acceptors (Lipinski definition) is 3. The molecule has 3 aromatic rings. The summed E-state index contributed by atoms with van der Waals surface area (Å²) in [5.74, 6) is -0.195. The summed E-state index contributed by atoms with van der Waals surface area (Å²) in [5, 5.41) is 1.10. The first-order valence-electron chi connectivity index (χ1n) is 11.0. The number of pyridine rings is 2. The molecule has 0 bridgehead atoms. The Labute approximate surface area is 181 Å². The van der Waals surface area contributed by atoms with Crippen LogP contribution in [0.5, 0.6) is 0 Å². The summed E-state index contributed by atoms with van der Waals surface area (Å²) >= 11 is 0. The molecule has 160 valence electrons. The number of benzene rings is 1. The van der Waals surface area contributed by atoms with Gasteiger partial charge in [-0.1, -0.05) is 6.92 Å². The molecule has 0 atom stereocenters. The molecule has 1 aliphatic heterocycles. The van der Waals surface area contributed by atoms with Crippen LogP contribution in [-0.2, 0) is 37.2 Å². The Balaban J connectivity index is 1.72. The van der Waals surface area contributed by atoms with Gasteiger partial charge in [0.25, 0.3) is 5.56 Å². The van der Waals surface area contributed by atoms with E-state index >= 15 is 0 Å². The molecule has 5 heteroatoms. The van der Waals surface area contributed by atoms with Crippen LogP contribution in [-0.4, -0.2) is 9.55 Å². The number of nitrogens with zero attached hydrogens (tertiary/aromatic N) is 2. The average Bonchev–Trinajstić information content (AvgIpc) is 3.12. The standard InChI is InChI=1S/C26H27FN2O2/c1-5-16-9-23-25-19(11-29(23)26(30)20(16)13-31-12-14(2)3)18-8-6-7-17-15(4)21(27)10-22(28-25)24(17)18/h9-10,12H,5-8,11,13H2,1-4H3. The monoisotopic (exact) mass is 418 g/mol. The highest BCUT2D eigenvalue weighted by Gasteiger charge is 2.30. The van der Waals surface area contributed by atoms with E-state index in [1.807, 2.05) is 32.3 Å². The number of ether oxygens (including phenoxy) is 1. The number of fused-ring (bicyclic) bond motifs is 4. The molecule has 0 radical (unpaired) electrons. The van der Waals surface area contributed by atoms with Crippen LogP contribution in [0.4, 0.5) is 4.39 Å². The van der Waals surface area contributed by atoms with Gasteiger partial charge in [-0.05, 0) is 80.3 Å². The van der Waals surface area contributed by atoms with Gasteiger partial charge in [-0.25, -0.2) is 9.37 Å². The van der Waals surface area contributed by atoms with Crippen molar-refractivity contribution in [2.24, 2.45) is 0 Å². The molecular weight excluding hydrogens is 391 g/mol. The molecule has 0 spiro atoms. The molecule has 1 aromatic carbocycles. The summed E-state index contributed by atoms with van der Waals surface area (Å²) in [6, 6.07) is 3.64. The van der Waals surface area contributed by atoms with Crippen LogP contribution in [0.25, 0.3) is 22.3 Å². The average molecular weight is 419 g/mol. The van der Waals surface area contributed by atoms with Gasteiger partial charge in [0.1, 0.15) is 12.4 Å². The number of aryl methyl sites for hydroxylation is 3. The largest absolute Gasteiger partial charge is 0.496 e. The molecule has 0 saturated heterocycles. The van der Waals surface area contributed by atoms with Crippen molar-refractivity contribution in [1.82, 2.24) is 9.55 Å². The molecule has 5 rings (SSSR count). The van der Waals surface area contributed by atoms with Crippen LogP contribution in [0.1, 0.15) is 60.6 Å². The topological polar surface area (TPSA) is 44.1 Å². The molecule has 0 fully saturated rings. The van der Waals surface area contributed by atoms with E-state index in [4.69, 9.17) is 9.72 Å². The first-order chi connectivity index (χ1) is 14.9. The van der Waals surface area contributed by atoms with Gasteiger partial charge >= 0.3 is 0 Å². The fourth-order valence-corrected chi connectivity index (χ4v) is 5.12. The third kappa shape index (κ3) is 3.01. The lowest BCUT2D eigenvalue weighted by Crippen LogP contribution is -2.25. The van der Waals surface area contributed by atoms with E-state index < -0.39 is 0 Å². The van der Waals surface area contributed by atoms with E-state index in [1.54, 1.807) is 12.3 Å². The number of allylic oxidation sites excluding steroid dienone is 1. The van der Waals surface area contributed by atoms with Gasteiger partial charge in [0.15, 0.2) is 0 Å². The van der Waals surface area contributed by atoms with E-state index in [0.717, 1.165) is 70.3 Å². The highest BCUT2D eigenvalue weighted by molar-refractivity contribution is 5.92. The third-order valence-electron chi connectivity index (χ3n) is 6.65. The van der Waals surface area contributed by atoms with Gasteiger partial charge in [-0.2, -0.15) is 0 Å². The second-order valence-electron chi connectivity index (χ2n) is 8.91. The molecule has 0 unspecified atom stereocenters. The first kappa shape index (κ1) is 20.0. The Morgan fingerprint density at radius 3 is 2.74 bits per heavy atom. The fraction of sp³-hybridized carbons (Fsp3) is 0.385. The molecule has 2 aliphatic rings. The van der Waals surface area contributed by atoms with Crippen LogP contribution in [0.15, 0.2) is 28.8 Å². The lowest BCUT2D eigenvalue weighted by Gasteiger charge is -2.21. The van der Waals surface area contributed by atoms with Crippen LogP contribution in [0.2, 0.25) is 0 Å². The van der Waals surface area contributed by atoms with Crippen molar-refractivity contribution in [1.29, 1.82) is 0 Å². The van der Waals surface area contributed by atoms with Gasteiger partial charge < -0.3 is 9.30 Å². The minimum absolute atomic E-state index is 0.0100.